The number of hydrogen-bond acceptors (Lipinski definition) is 10. The molecule has 348 valence electrons. The van der Waals surface area contributed by atoms with Gasteiger partial charge >= 0.3 is 0 Å². The van der Waals surface area contributed by atoms with Crippen LogP contribution in [0.1, 0.15) is 143 Å². The standard InChI is InChI=1S/C44H98N3O6PSSi3/c1-36(2)46(37(3)4)54(47(38(5)6)39(7)8)50-30-29-49-31-32-55-40(48)27-25-24-26-28-45-44(33-51-56(18,19)41(9,10)11,34-52-57(20,21)42(12,13)14)35-53-58(22,23)43(15,16)17/h36-39,45H,24-35H2,1-23H3. The van der Waals surface area contributed by atoms with Crippen molar-refractivity contribution in [3.8, 4) is 0 Å². The minimum atomic E-state index is -2.05. The zero-order valence-corrected chi connectivity index (χ0v) is 47.2. The molecule has 9 nitrogen and oxygen atoms in total. The highest BCUT2D eigenvalue weighted by atomic mass is 32.2. The molecule has 0 heterocycles. The SMILES string of the molecule is CC(C)N(C(C)C)P(OCCOCCSC(=O)CCCCCNC(CO[Si](C)(C)C(C)(C)C)(CO[Si](C)(C)C(C)(C)C)CO[Si](C)(C)C(C)(C)C)N(C(C)C)C(C)C. The fraction of sp³-hybridized carbons (Fsp3) is 0.977. The second kappa shape index (κ2) is 25.3. The van der Waals surface area contributed by atoms with E-state index in [0.29, 0.717) is 76.0 Å². The van der Waals surface area contributed by atoms with E-state index in [0.717, 1.165) is 25.8 Å². The van der Waals surface area contributed by atoms with Crippen molar-refractivity contribution in [2.45, 2.75) is 227 Å². The molecule has 0 radical (unpaired) electrons. The quantitative estimate of drug-likeness (QED) is 0.0445. The predicted octanol–water partition coefficient (Wildman–Crippen LogP) is 12.7. The summed E-state index contributed by atoms with van der Waals surface area (Å²) in [6, 6.07) is 1.52. The van der Waals surface area contributed by atoms with Gasteiger partial charge in [0.25, 0.3) is 0 Å². The van der Waals surface area contributed by atoms with Crippen LogP contribution in [0.25, 0.3) is 0 Å². The molecule has 0 aromatic rings. The number of unbranched alkanes of at least 4 members (excludes halogenated alkanes) is 2. The predicted molar refractivity (Wildman–Crippen MR) is 264 cm³/mol. The highest BCUT2D eigenvalue weighted by Crippen LogP contribution is 2.50. The largest absolute Gasteiger partial charge is 0.415 e. The van der Waals surface area contributed by atoms with Gasteiger partial charge in [-0.05, 0) is 129 Å². The topological polar surface area (TPSA) is 81.7 Å². The smallest absolute Gasteiger partial charge is 0.192 e. The first kappa shape index (κ1) is 58.8. The van der Waals surface area contributed by atoms with E-state index in [1.54, 1.807) is 0 Å². The molecule has 0 aliphatic carbocycles. The number of hydrogen-bond donors (Lipinski definition) is 1. The molecule has 0 atom stereocenters. The minimum absolute atomic E-state index is 0.0979. The molecular formula is C44H98N3O6PSSi3. The van der Waals surface area contributed by atoms with Gasteiger partial charge in [0.05, 0.1) is 45.2 Å². The number of nitrogens with one attached hydrogen (secondary N) is 1. The number of carbonyl (C=O) groups excluding carboxylic acids is 1. The van der Waals surface area contributed by atoms with E-state index in [1.165, 1.54) is 11.8 Å². The van der Waals surface area contributed by atoms with Crippen LogP contribution in [0.3, 0.4) is 0 Å². The maximum Gasteiger partial charge on any atom is 0.192 e. The monoisotopic (exact) mass is 912 g/mol. The van der Waals surface area contributed by atoms with Crippen LogP contribution in [0, 0.1) is 0 Å². The van der Waals surface area contributed by atoms with Crippen LogP contribution in [0.4, 0.5) is 0 Å². The van der Waals surface area contributed by atoms with Gasteiger partial charge in [-0.1, -0.05) is 80.5 Å². The second-order valence-corrected chi connectivity index (χ2v) is 39.5. The van der Waals surface area contributed by atoms with E-state index < -0.39 is 38.9 Å². The van der Waals surface area contributed by atoms with Crippen LogP contribution < -0.4 is 5.32 Å². The molecule has 1 N–H and O–H groups in total. The third kappa shape index (κ3) is 20.5. The minimum Gasteiger partial charge on any atom is -0.415 e. The van der Waals surface area contributed by atoms with Crippen molar-refractivity contribution in [2.75, 3.05) is 51.9 Å². The van der Waals surface area contributed by atoms with Crippen molar-refractivity contribution >= 4 is 50.3 Å². The lowest BCUT2D eigenvalue weighted by Gasteiger charge is -2.46. The Morgan fingerprint density at radius 3 is 1.31 bits per heavy atom. The Balaban J connectivity index is 5.36. The van der Waals surface area contributed by atoms with E-state index in [-0.39, 0.29) is 20.2 Å². The van der Waals surface area contributed by atoms with Crippen LogP contribution in [-0.4, -0.2) is 121 Å². The van der Waals surface area contributed by atoms with Gasteiger partial charge in [-0.15, -0.1) is 0 Å². The van der Waals surface area contributed by atoms with Gasteiger partial charge in [-0.3, -0.25) is 4.79 Å². The molecule has 0 spiro atoms. The molecule has 0 aromatic heterocycles. The fourth-order valence-corrected chi connectivity index (χ4v) is 11.9. The lowest BCUT2D eigenvalue weighted by molar-refractivity contribution is -0.111. The molecular weight excluding hydrogens is 814 g/mol. The third-order valence-electron chi connectivity index (χ3n) is 12.5. The highest BCUT2D eigenvalue weighted by Gasteiger charge is 2.46. The molecule has 58 heavy (non-hydrogen) atoms. The molecule has 0 saturated carbocycles. The van der Waals surface area contributed by atoms with Gasteiger partial charge in [0.1, 0.15) is 0 Å². The number of nitrogens with zero attached hydrogens (tertiary/aromatic N) is 2. The molecule has 0 amide bonds. The Kier molecular flexibility index (Phi) is 25.7. The van der Waals surface area contributed by atoms with E-state index >= 15 is 0 Å². The molecule has 0 bridgehead atoms. The first-order chi connectivity index (χ1) is 26.1. The zero-order chi connectivity index (χ0) is 45.6. The summed E-state index contributed by atoms with van der Waals surface area (Å²) >= 11 is 1.40. The van der Waals surface area contributed by atoms with E-state index in [9.17, 15) is 4.79 Å². The molecule has 14 heteroatoms. The van der Waals surface area contributed by atoms with Crippen molar-refractivity contribution < 1.29 is 27.3 Å². The Hall–Kier alpha value is 0.781. The lowest BCUT2D eigenvalue weighted by Crippen LogP contribution is -2.62. The summed E-state index contributed by atoms with van der Waals surface area (Å²) in [6.07, 6.45) is 3.42. The van der Waals surface area contributed by atoms with Crippen LogP contribution in [0.5, 0.6) is 0 Å². The number of carbonyl (C=O) groups is 1. The van der Waals surface area contributed by atoms with Crippen LogP contribution >= 0.6 is 20.2 Å². The van der Waals surface area contributed by atoms with Crippen LogP contribution in [0.2, 0.25) is 54.4 Å². The average molecular weight is 913 g/mol. The van der Waals surface area contributed by atoms with E-state index in [2.05, 4.69) is 172 Å². The van der Waals surface area contributed by atoms with Gasteiger partial charge in [-0.25, -0.2) is 9.34 Å². The lowest BCUT2D eigenvalue weighted by atomic mass is 10.0. The summed E-state index contributed by atoms with van der Waals surface area (Å²) in [4.78, 5) is 12.8. The molecule has 0 saturated heterocycles. The third-order valence-corrected chi connectivity index (χ3v) is 29.9. The van der Waals surface area contributed by atoms with Crippen molar-refractivity contribution in [1.29, 1.82) is 0 Å². The first-order valence-corrected chi connectivity index (χ1v) is 33.4. The summed E-state index contributed by atoms with van der Waals surface area (Å²) in [5, 5.41) is 4.50. The second-order valence-electron chi connectivity index (χ2n) is 22.2. The molecule has 0 aliphatic heterocycles. The normalized spacial score (nSPS) is 14.5. The molecule has 0 aromatic carbocycles. The number of thioether (sulfide) groups is 1. The van der Waals surface area contributed by atoms with E-state index in [1.807, 2.05) is 0 Å². The molecule has 0 aliphatic rings. The van der Waals surface area contributed by atoms with Crippen molar-refractivity contribution in [2.24, 2.45) is 0 Å². The average Bonchev–Trinajstić information content (AvgIpc) is 3.04. The summed E-state index contributed by atoms with van der Waals surface area (Å²) in [7, 11) is -7.06. The molecule has 0 unspecified atom stereocenters. The number of ether oxygens (including phenoxy) is 1. The first-order valence-electron chi connectivity index (χ1n) is 22.5. The maximum atomic E-state index is 12.8. The van der Waals surface area contributed by atoms with Crippen molar-refractivity contribution in [1.82, 2.24) is 14.7 Å². The summed E-state index contributed by atoms with van der Waals surface area (Å²) in [6.45, 7) is 56.7. The van der Waals surface area contributed by atoms with Crippen molar-refractivity contribution in [3.63, 3.8) is 0 Å². The van der Waals surface area contributed by atoms with Gasteiger partial charge in [0, 0.05) is 36.3 Å². The summed E-state index contributed by atoms with van der Waals surface area (Å²) in [5.41, 5.74) is -0.469. The highest BCUT2D eigenvalue weighted by molar-refractivity contribution is 8.13. The Bertz CT molecular complexity index is 1050. The number of rotatable bonds is 29. The summed E-state index contributed by atoms with van der Waals surface area (Å²) in [5.74, 6) is 0.669. The fourth-order valence-electron chi connectivity index (χ4n) is 5.61. The van der Waals surface area contributed by atoms with E-state index in [4.69, 9.17) is 22.5 Å². The van der Waals surface area contributed by atoms with Gasteiger partial charge < -0.3 is 27.9 Å². The van der Waals surface area contributed by atoms with Gasteiger partial charge in [0.15, 0.2) is 38.5 Å². The molecule has 0 rings (SSSR count). The Morgan fingerprint density at radius 1 is 0.586 bits per heavy atom. The van der Waals surface area contributed by atoms with Gasteiger partial charge in [0.2, 0.25) is 0 Å². The molecule has 0 fully saturated rings. The van der Waals surface area contributed by atoms with Crippen LogP contribution in [0.15, 0.2) is 0 Å². The van der Waals surface area contributed by atoms with Crippen molar-refractivity contribution in [3.05, 3.63) is 0 Å². The van der Waals surface area contributed by atoms with Crippen LogP contribution in [-0.2, 0) is 27.3 Å². The Morgan fingerprint density at radius 2 is 0.966 bits per heavy atom. The van der Waals surface area contributed by atoms with Gasteiger partial charge in [-0.2, -0.15) is 0 Å². The maximum absolute atomic E-state index is 12.8. The Labute approximate surface area is 370 Å². The summed E-state index contributed by atoms with van der Waals surface area (Å²) < 4.78 is 38.5. The zero-order valence-electron chi connectivity index (χ0n) is 42.5.